The molecule has 2 aliphatic rings. The van der Waals surface area contributed by atoms with E-state index in [4.69, 9.17) is 17.3 Å². The van der Waals surface area contributed by atoms with Crippen molar-refractivity contribution in [2.24, 2.45) is 22.6 Å². The highest BCUT2D eigenvalue weighted by Gasteiger charge is 2.66. The summed E-state index contributed by atoms with van der Waals surface area (Å²) in [7, 11) is 0. The van der Waals surface area contributed by atoms with E-state index in [1.165, 1.54) is 0 Å². The van der Waals surface area contributed by atoms with Crippen LogP contribution in [0.5, 0.6) is 0 Å². The van der Waals surface area contributed by atoms with Crippen molar-refractivity contribution in [3.63, 3.8) is 0 Å². The third-order valence-corrected chi connectivity index (χ3v) is 4.02. The Morgan fingerprint density at radius 2 is 2.38 bits per heavy atom. The zero-order valence-electron chi connectivity index (χ0n) is 8.26. The number of hydrogen-bond donors (Lipinski definition) is 1. The van der Waals surface area contributed by atoms with E-state index in [1.807, 2.05) is 0 Å². The maximum absolute atomic E-state index is 6.51. The highest BCUT2D eigenvalue weighted by molar-refractivity contribution is 6.27. The van der Waals surface area contributed by atoms with E-state index in [-0.39, 0.29) is 4.87 Å². The van der Waals surface area contributed by atoms with Crippen molar-refractivity contribution in [3.05, 3.63) is 0 Å². The topological polar surface area (TPSA) is 38.4 Å². The van der Waals surface area contributed by atoms with Crippen LogP contribution >= 0.6 is 11.6 Å². The largest absolute Gasteiger partial charge is 0.387 e. The summed E-state index contributed by atoms with van der Waals surface area (Å²) in [5, 5.41) is 0. The first-order chi connectivity index (χ1) is 6.09. The molecule has 13 heavy (non-hydrogen) atoms. The Labute approximate surface area is 84.6 Å². The molecule has 0 amide bonds. The molecule has 1 aliphatic carbocycles. The quantitative estimate of drug-likeness (QED) is 0.682. The minimum Gasteiger partial charge on any atom is -0.387 e. The summed E-state index contributed by atoms with van der Waals surface area (Å²) in [6, 6.07) is 0.317. The van der Waals surface area contributed by atoms with Crippen molar-refractivity contribution < 1.29 is 0 Å². The number of aliphatic imine (C=N–C) groups is 1. The van der Waals surface area contributed by atoms with Crippen molar-refractivity contribution >= 4 is 17.4 Å². The summed E-state index contributed by atoms with van der Waals surface area (Å²) < 4.78 is 0. The first kappa shape index (κ1) is 9.32. The van der Waals surface area contributed by atoms with Crippen LogP contribution in [0.2, 0.25) is 0 Å². The zero-order chi connectivity index (χ0) is 9.64. The Hall–Kier alpha value is -0.240. The fourth-order valence-electron chi connectivity index (χ4n) is 2.78. The molecule has 0 aromatic rings. The molecule has 0 unspecified atom stereocenters. The number of amidine groups is 1. The zero-order valence-corrected chi connectivity index (χ0v) is 9.01. The number of rotatable bonds is 2. The first-order valence-electron chi connectivity index (χ1n) is 5.10. The van der Waals surface area contributed by atoms with Crippen molar-refractivity contribution in [3.8, 4) is 0 Å². The predicted molar refractivity (Wildman–Crippen MR) is 56.2 cm³/mol. The van der Waals surface area contributed by atoms with E-state index in [0.29, 0.717) is 17.9 Å². The van der Waals surface area contributed by atoms with Crippen LogP contribution in [0.3, 0.4) is 0 Å². The van der Waals surface area contributed by atoms with Gasteiger partial charge in [0.05, 0.1) is 16.8 Å². The lowest BCUT2D eigenvalue weighted by molar-refractivity contribution is 0.474. The second-order valence-electron chi connectivity index (χ2n) is 4.45. The summed E-state index contributed by atoms with van der Waals surface area (Å²) in [6.45, 7) is 4.41. The van der Waals surface area contributed by atoms with Gasteiger partial charge >= 0.3 is 0 Å². The van der Waals surface area contributed by atoms with Crippen LogP contribution < -0.4 is 5.73 Å². The molecule has 2 rings (SSSR count). The first-order valence-corrected chi connectivity index (χ1v) is 5.48. The second kappa shape index (κ2) is 2.88. The van der Waals surface area contributed by atoms with E-state index in [9.17, 15) is 0 Å². The predicted octanol–water partition coefficient (Wildman–Crippen LogP) is 2.16. The van der Waals surface area contributed by atoms with Crippen LogP contribution in [0, 0.1) is 11.8 Å². The Kier molecular flexibility index (Phi) is 2.06. The smallest absolute Gasteiger partial charge is 0.0944 e. The number of alkyl halides is 1. The molecule has 0 radical (unpaired) electrons. The summed E-state index contributed by atoms with van der Waals surface area (Å²) in [5.41, 5.74) is 5.75. The lowest BCUT2D eigenvalue weighted by Gasteiger charge is -2.14. The van der Waals surface area contributed by atoms with Gasteiger partial charge < -0.3 is 5.73 Å². The molecule has 0 saturated heterocycles. The standard InChI is InChI=1S/C10H17ClN2/c1-3-4-10(11)8-6(2)5-7(12)13-9(8)10/h6,8-9H,3-5H2,1-2H3,(H2,12,13)/t6-,8+,9-,10+/m0/s1. The van der Waals surface area contributed by atoms with Gasteiger partial charge in [-0.1, -0.05) is 20.3 Å². The van der Waals surface area contributed by atoms with E-state index in [2.05, 4.69) is 18.8 Å². The van der Waals surface area contributed by atoms with Gasteiger partial charge in [0.25, 0.3) is 0 Å². The van der Waals surface area contributed by atoms with Gasteiger partial charge in [0.15, 0.2) is 0 Å². The Morgan fingerprint density at radius 3 is 3.00 bits per heavy atom. The fourth-order valence-corrected chi connectivity index (χ4v) is 3.42. The van der Waals surface area contributed by atoms with Crippen LogP contribution in [-0.2, 0) is 0 Å². The molecule has 0 aromatic carbocycles. The number of nitrogens with zero attached hydrogens (tertiary/aromatic N) is 1. The molecule has 2 nitrogen and oxygen atoms in total. The molecule has 3 heteroatoms. The van der Waals surface area contributed by atoms with Crippen LogP contribution in [0.4, 0.5) is 0 Å². The maximum Gasteiger partial charge on any atom is 0.0944 e. The lowest BCUT2D eigenvalue weighted by atomic mass is 9.97. The summed E-state index contributed by atoms with van der Waals surface area (Å²) in [5.74, 6) is 2.00. The molecule has 1 heterocycles. The van der Waals surface area contributed by atoms with Gasteiger partial charge in [0.1, 0.15) is 0 Å². The van der Waals surface area contributed by atoms with Crippen LogP contribution in [0.1, 0.15) is 33.1 Å². The molecule has 74 valence electrons. The number of nitrogens with two attached hydrogens (primary N) is 1. The number of hydrogen-bond acceptors (Lipinski definition) is 2. The lowest BCUT2D eigenvalue weighted by Crippen LogP contribution is -2.22. The summed E-state index contributed by atoms with van der Waals surface area (Å²) >= 11 is 6.51. The van der Waals surface area contributed by atoms with Gasteiger partial charge in [0, 0.05) is 12.3 Å². The van der Waals surface area contributed by atoms with Gasteiger partial charge in [-0.3, -0.25) is 4.99 Å². The van der Waals surface area contributed by atoms with Crippen molar-refractivity contribution in [2.45, 2.75) is 44.0 Å². The van der Waals surface area contributed by atoms with E-state index in [1.54, 1.807) is 0 Å². The highest BCUT2D eigenvalue weighted by Crippen LogP contribution is 2.60. The summed E-state index contributed by atoms with van der Waals surface area (Å²) in [6.07, 6.45) is 3.14. The second-order valence-corrected chi connectivity index (χ2v) is 5.15. The third-order valence-electron chi connectivity index (χ3n) is 3.36. The monoisotopic (exact) mass is 200 g/mol. The molecular weight excluding hydrogens is 184 g/mol. The Bertz CT molecular complexity index is 251. The van der Waals surface area contributed by atoms with E-state index < -0.39 is 0 Å². The highest BCUT2D eigenvalue weighted by atomic mass is 35.5. The van der Waals surface area contributed by atoms with Crippen molar-refractivity contribution in [1.29, 1.82) is 0 Å². The fraction of sp³-hybridized carbons (Fsp3) is 0.900. The molecule has 1 aliphatic heterocycles. The molecule has 0 bridgehead atoms. The molecule has 0 spiro atoms. The molecular formula is C10H17ClN2. The Morgan fingerprint density at radius 1 is 1.69 bits per heavy atom. The average Bonchev–Trinajstić information content (AvgIpc) is 2.56. The molecule has 4 atom stereocenters. The number of halogens is 1. The van der Waals surface area contributed by atoms with Gasteiger partial charge in [0.2, 0.25) is 0 Å². The van der Waals surface area contributed by atoms with Crippen LogP contribution in [-0.4, -0.2) is 16.8 Å². The molecule has 1 fully saturated rings. The molecule has 2 N–H and O–H groups in total. The maximum atomic E-state index is 6.51. The molecule has 1 saturated carbocycles. The SMILES string of the molecule is CCC[C@@]1(Cl)[C@@H]2[C@@H](C)CC(N)=N[C@@H]21. The van der Waals surface area contributed by atoms with Crippen molar-refractivity contribution in [2.75, 3.05) is 0 Å². The van der Waals surface area contributed by atoms with Crippen LogP contribution in [0.25, 0.3) is 0 Å². The van der Waals surface area contributed by atoms with Gasteiger partial charge in [-0.2, -0.15) is 0 Å². The third kappa shape index (κ3) is 1.26. The van der Waals surface area contributed by atoms with Gasteiger partial charge in [-0.05, 0) is 12.3 Å². The average molecular weight is 201 g/mol. The van der Waals surface area contributed by atoms with Crippen LogP contribution in [0.15, 0.2) is 4.99 Å². The van der Waals surface area contributed by atoms with E-state index >= 15 is 0 Å². The normalized spacial score (nSPS) is 48.2. The van der Waals surface area contributed by atoms with E-state index in [0.717, 1.165) is 25.1 Å². The van der Waals surface area contributed by atoms with Gasteiger partial charge in [-0.15, -0.1) is 11.6 Å². The Balaban J connectivity index is 2.15. The summed E-state index contributed by atoms with van der Waals surface area (Å²) in [4.78, 5) is 4.40. The number of fused-ring (bicyclic) bond motifs is 1. The minimum atomic E-state index is -0.0463. The minimum absolute atomic E-state index is 0.0463. The van der Waals surface area contributed by atoms with Crippen molar-refractivity contribution in [1.82, 2.24) is 0 Å². The van der Waals surface area contributed by atoms with Gasteiger partial charge in [-0.25, -0.2) is 0 Å². The molecule has 0 aromatic heterocycles.